The van der Waals surface area contributed by atoms with Crippen LogP contribution in [0.5, 0.6) is 5.75 Å². The van der Waals surface area contributed by atoms with Crippen LogP contribution in [0.4, 0.5) is 5.69 Å². The van der Waals surface area contributed by atoms with Gasteiger partial charge in [-0.1, -0.05) is 29.8 Å². The SMILES string of the molecule is CCOc1ccc(N(C(=O)Cn2nnc(-c3cccs3)n2)C(C(=O)NC(C)(C)C)c2ccc(Cl)cc2)cc1. The molecule has 0 fully saturated rings. The summed E-state index contributed by atoms with van der Waals surface area (Å²) in [6, 6.07) is 16.7. The Morgan fingerprint density at radius 3 is 2.42 bits per heavy atom. The zero-order valence-corrected chi connectivity index (χ0v) is 23.2. The lowest BCUT2D eigenvalue weighted by atomic mass is 10.0. The Morgan fingerprint density at radius 1 is 1.11 bits per heavy atom. The predicted octanol–water partition coefficient (Wildman–Crippen LogP) is 5.14. The van der Waals surface area contributed by atoms with Gasteiger partial charge >= 0.3 is 0 Å². The minimum Gasteiger partial charge on any atom is -0.494 e. The highest BCUT2D eigenvalue weighted by molar-refractivity contribution is 7.13. The van der Waals surface area contributed by atoms with Gasteiger partial charge in [-0.25, -0.2) is 0 Å². The third-order valence-electron chi connectivity index (χ3n) is 5.36. The number of hydrogen-bond donors (Lipinski definition) is 1. The molecule has 1 unspecified atom stereocenters. The number of anilines is 1. The molecule has 0 saturated carbocycles. The summed E-state index contributed by atoms with van der Waals surface area (Å²) in [4.78, 5) is 31.2. The summed E-state index contributed by atoms with van der Waals surface area (Å²) in [5.74, 6) is 0.352. The van der Waals surface area contributed by atoms with Gasteiger partial charge in [0.15, 0.2) is 0 Å². The minimum absolute atomic E-state index is 0.224. The Balaban J connectivity index is 1.75. The second-order valence-electron chi connectivity index (χ2n) is 9.50. The van der Waals surface area contributed by atoms with Crippen LogP contribution in [0.15, 0.2) is 66.0 Å². The fraction of sp³-hybridized carbons (Fsp3) is 0.296. The van der Waals surface area contributed by atoms with E-state index in [4.69, 9.17) is 16.3 Å². The Morgan fingerprint density at radius 2 is 1.82 bits per heavy atom. The van der Waals surface area contributed by atoms with Crippen molar-refractivity contribution in [3.8, 4) is 16.5 Å². The maximum atomic E-state index is 13.9. The van der Waals surface area contributed by atoms with Crippen LogP contribution in [0, 0.1) is 0 Å². The first-order chi connectivity index (χ1) is 18.1. The lowest BCUT2D eigenvalue weighted by molar-refractivity contribution is -0.128. The van der Waals surface area contributed by atoms with Gasteiger partial charge in [-0.2, -0.15) is 4.80 Å². The molecule has 0 saturated heterocycles. The third kappa shape index (κ3) is 6.76. The Hall–Kier alpha value is -3.76. The molecule has 0 radical (unpaired) electrons. The maximum absolute atomic E-state index is 13.9. The molecule has 2 aromatic heterocycles. The molecule has 0 aliphatic rings. The number of nitrogens with zero attached hydrogens (tertiary/aromatic N) is 5. The first-order valence-corrected chi connectivity index (χ1v) is 13.3. The number of thiophene rings is 1. The quantitative estimate of drug-likeness (QED) is 0.308. The molecule has 2 aromatic carbocycles. The molecule has 0 aliphatic heterocycles. The van der Waals surface area contributed by atoms with Crippen LogP contribution in [0.1, 0.15) is 39.3 Å². The van der Waals surface area contributed by atoms with Gasteiger partial charge in [0.2, 0.25) is 11.7 Å². The van der Waals surface area contributed by atoms with E-state index in [1.165, 1.54) is 21.0 Å². The summed E-state index contributed by atoms with van der Waals surface area (Å²) < 4.78 is 5.58. The van der Waals surface area contributed by atoms with Gasteiger partial charge in [-0.3, -0.25) is 14.5 Å². The molecule has 198 valence electrons. The van der Waals surface area contributed by atoms with Crippen molar-refractivity contribution in [3.05, 3.63) is 76.6 Å². The van der Waals surface area contributed by atoms with Gasteiger partial charge < -0.3 is 10.1 Å². The molecule has 11 heteroatoms. The largest absolute Gasteiger partial charge is 0.494 e. The second kappa shape index (κ2) is 11.7. The summed E-state index contributed by atoms with van der Waals surface area (Å²) in [6.07, 6.45) is 0. The Labute approximate surface area is 230 Å². The van der Waals surface area contributed by atoms with Crippen molar-refractivity contribution in [2.45, 2.75) is 45.8 Å². The average Bonchev–Trinajstić information content (AvgIpc) is 3.55. The maximum Gasteiger partial charge on any atom is 0.251 e. The van der Waals surface area contributed by atoms with Crippen molar-refractivity contribution in [2.75, 3.05) is 11.5 Å². The van der Waals surface area contributed by atoms with Crippen LogP contribution in [-0.2, 0) is 16.1 Å². The van der Waals surface area contributed by atoms with E-state index in [1.54, 1.807) is 48.5 Å². The van der Waals surface area contributed by atoms with Gasteiger partial charge in [0, 0.05) is 16.2 Å². The Bertz CT molecular complexity index is 1370. The first-order valence-electron chi connectivity index (χ1n) is 12.1. The van der Waals surface area contributed by atoms with Crippen LogP contribution in [0.25, 0.3) is 10.7 Å². The molecule has 1 atom stereocenters. The minimum atomic E-state index is -0.989. The number of halogens is 1. The summed E-state index contributed by atoms with van der Waals surface area (Å²) in [6.45, 7) is 7.84. The van der Waals surface area contributed by atoms with Gasteiger partial charge in [-0.05, 0) is 86.3 Å². The third-order valence-corrected chi connectivity index (χ3v) is 6.47. The number of hydrogen-bond acceptors (Lipinski definition) is 7. The molecule has 9 nitrogen and oxygen atoms in total. The van der Waals surface area contributed by atoms with Crippen molar-refractivity contribution < 1.29 is 14.3 Å². The molecule has 0 spiro atoms. The topological polar surface area (TPSA) is 102 Å². The van der Waals surface area contributed by atoms with E-state index in [2.05, 4.69) is 20.7 Å². The van der Waals surface area contributed by atoms with Crippen molar-refractivity contribution >= 4 is 40.4 Å². The van der Waals surface area contributed by atoms with Crippen LogP contribution >= 0.6 is 22.9 Å². The van der Waals surface area contributed by atoms with Gasteiger partial charge in [0.25, 0.3) is 5.91 Å². The smallest absolute Gasteiger partial charge is 0.251 e. The molecule has 4 rings (SSSR count). The fourth-order valence-corrected chi connectivity index (χ4v) is 4.59. The normalized spacial score (nSPS) is 12.1. The van der Waals surface area contributed by atoms with Gasteiger partial charge in [0.05, 0.1) is 11.5 Å². The molecule has 1 N–H and O–H groups in total. The molecule has 38 heavy (non-hydrogen) atoms. The zero-order valence-electron chi connectivity index (χ0n) is 21.6. The van der Waals surface area contributed by atoms with E-state index in [9.17, 15) is 9.59 Å². The number of ether oxygens (including phenoxy) is 1. The number of benzene rings is 2. The molecular weight excluding hydrogens is 524 g/mol. The second-order valence-corrected chi connectivity index (χ2v) is 10.9. The van der Waals surface area contributed by atoms with Crippen molar-refractivity contribution in [2.24, 2.45) is 0 Å². The standard InChI is InChI=1S/C27H29ClN6O3S/c1-5-37-21-14-12-20(13-15-21)34(23(35)17-33-31-25(30-32-33)22-7-6-16-38-22)24(26(36)29-27(2,3)4)18-8-10-19(28)11-9-18/h6-16,24H,5,17H2,1-4H3,(H,29,36). The average molecular weight is 553 g/mol. The van der Waals surface area contributed by atoms with E-state index in [0.717, 1.165) is 4.88 Å². The van der Waals surface area contributed by atoms with E-state index in [-0.39, 0.29) is 12.5 Å². The highest BCUT2D eigenvalue weighted by Gasteiger charge is 2.35. The van der Waals surface area contributed by atoms with E-state index >= 15 is 0 Å². The number of carbonyl (C=O) groups excluding carboxylic acids is 2. The number of amides is 2. The number of aromatic nitrogens is 4. The van der Waals surface area contributed by atoms with E-state index in [1.807, 2.05) is 45.2 Å². The van der Waals surface area contributed by atoms with Crippen molar-refractivity contribution in [1.82, 2.24) is 25.5 Å². The van der Waals surface area contributed by atoms with E-state index in [0.29, 0.717) is 34.5 Å². The van der Waals surface area contributed by atoms with Crippen LogP contribution < -0.4 is 15.0 Å². The predicted molar refractivity (Wildman–Crippen MR) is 148 cm³/mol. The first kappa shape index (κ1) is 27.3. The molecule has 4 aromatic rings. The number of tetrazole rings is 1. The number of rotatable bonds is 9. The molecule has 0 aliphatic carbocycles. The molecular formula is C27H29ClN6O3S. The lowest BCUT2D eigenvalue weighted by Gasteiger charge is -2.33. The Kier molecular flexibility index (Phi) is 8.43. The fourth-order valence-electron chi connectivity index (χ4n) is 3.82. The van der Waals surface area contributed by atoms with Gasteiger partial charge in [-0.15, -0.1) is 21.5 Å². The zero-order chi connectivity index (χ0) is 27.3. The summed E-state index contributed by atoms with van der Waals surface area (Å²) in [7, 11) is 0. The monoisotopic (exact) mass is 552 g/mol. The number of nitrogens with one attached hydrogen (secondary N) is 1. The summed E-state index contributed by atoms with van der Waals surface area (Å²) >= 11 is 7.62. The lowest BCUT2D eigenvalue weighted by Crippen LogP contribution is -2.50. The van der Waals surface area contributed by atoms with Crippen molar-refractivity contribution in [3.63, 3.8) is 0 Å². The summed E-state index contributed by atoms with van der Waals surface area (Å²) in [5, 5.41) is 18.0. The molecule has 2 heterocycles. The summed E-state index contributed by atoms with van der Waals surface area (Å²) in [5.41, 5.74) is 0.587. The molecule has 0 bridgehead atoms. The van der Waals surface area contributed by atoms with E-state index < -0.39 is 17.5 Å². The van der Waals surface area contributed by atoms with Gasteiger partial charge in [0.1, 0.15) is 18.3 Å². The van der Waals surface area contributed by atoms with Crippen LogP contribution in [-0.4, -0.2) is 44.2 Å². The van der Waals surface area contributed by atoms with Crippen molar-refractivity contribution in [1.29, 1.82) is 0 Å². The van der Waals surface area contributed by atoms with Crippen LogP contribution in [0.3, 0.4) is 0 Å². The highest BCUT2D eigenvalue weighted by atomic mass is 35.5. The number of carbonyl (C=O) groups is 2. The highest BCUT2D eigenvalue weighted by Crippen LogP contribution is 2.31. The molecule has 2 amide bonds. The van der Waals surface area contributed by atoms with Crippen LogP contribution in [0.2, 0.25) is 5.02 Å².